The molecular formula is C12H16N2S2. The molecule has 0 aromatic carbocycles. The summed E-state index contributed by atoms with van der Waals surface area (Å²) in [6, 6.07) is 2.58. The lowest BCUT2D eigenvalue weighted by Gasteiger charge is -2.12. The van der Waals surface area contributed by atoms with Crippen molar-refractivity contribution in [3.63, 3.8) is 0 Å². The molecule has 0 fully saturated rings. The van der Waals surface area contributed by atoms with Gasteiger partial charge in [-0.1, -0.05) is 0 Å². The predicted molar refractivity (Wildman–Crippen MR) is 71.2 cm³/mol. The molecule has 2 aromatic rings. The number of aryl methyl sites for hydroxylation is 2. The third kappa shape index (κ3) is 2.70. The van der Waals surface area contributed by atoms with Crippen LogP contribution in [0.15, 0.2) is 16.8 Å². The fourth-order valence-electron chi connectivity index (χ4n) is 1.65. The second-order valence-electron chi connectivity index (χ2n) is 3.95. The molecule has 0 amide bonds. The van der Waals surface area contributed by atoms with Gasteiger partial charge in [-0.3, -0.25) is 0 Å². The van der Waals surface area contributed by atoms with Crippen molar-refractivity contribution in [2.24, 2.45) is 0 Å². The lowest BCUT2D eigenvalue weighted by Crippen LogP contribution is -2.17. The van der Waals surface area contributed by atoms with Crippen molar-refractivity contribution in [1.82, 2.24) is 10.3 Å². The van der Waals surface area contributed by atoms with E-state index in [4.69, 9.17) is 0 Å². The number of nitrogens with zero attached hydrogens (tertiary/aromatic N) is 1. The van der Waals surface area contributed by atoms with E-state index in [-0.39, 0.29) is 0 Å². The minimum Gasteiger partial charge on any atom is -0.303 e. The molecular weight excluding hydrogens is 236 g/mol. The van der Waals surface area contributed by atoms with Crippen molar-refractivity contribution in [3.05, 3.63) is 38.0 Å². The highest BCUT2D eigenvalue weighted by Crippen LogP contribution is 2.23. The number of thiophene rings is 1. The molecule has 1 atom stereocenters. The minimum absolute atomic E-state index is 0.407. The number of nitrogens with one attached hydrogen (secondary N) is 1. The summed E-state index contributed by atoms with van der Waals surface area (Å²) in [5, 5.41) is 8.92. The van der Waals surface area contributed by atoms with Crippen molar-refractivity contribution in [2.75, 3.05) is 0 Å². The minimum atomic E-state index is 0.407. The number of hydrogen-bond acceptors (Lipinski definition) is 4. The third-order valence-corrected chi connectivity index (χ3v) is 4.69. The van der Waals surface area contributed by atoms with Crippen LogP contribution in [-0.4, -0.2) is 4.98 Å². The Kier molecular flexibility index (Phi) is 3.74. The van der Waals surface area contributed by atoms with Gasteiger partial charge in [-0.15, -0.1) is 22.7 Å². The van der Waals surface area contributed by atoms with Crippen molar-refractivity contribution in [3.8, 4) is 0 Å². The summed E-state index contributed by atoms with van der Waals surface area (Å²) < 4.78 is 0. The largest absolute Gasteiger partial charge is 0.303 e. The normalized spacial score (nSPS) is 12.9. The topological polar surface area (TPSA) is 24.9 Å². The van der Waals surface area contributed by atoms with Gasteiger partial charge in [-0.05, 0) is 37.8 Å². The maximum Gasteiger partial charge on any atom is 0.107 e. The standard InChI is InChI=1S/C12H16N2S2/c1-8-4-5-15-12(8)10(3)13-6-11-14-9(2)7-16-11/h4-5,7,10,13H,6H2,1-3H3. The van der Waals surface area contributed by atoms with Crippen LogP contribution in [0.2, 0.25) is 0 Å². The zero-order valence-electron chi connectivity index (χ0n) is 9.78. The van der Waals surface area contributed by atoms with Crippen LogP contribution in [0.3, 0.4) is 0 Å². The maximum atomic E-state index is 4.45. The first-order valence-corrected chi connectivity index (χ1v) is 7.11. The Labute approximate surface area is 104 Å². The Morgan fingerprint density at radius 3 is 2.75 bits per heavy atom. The molecule has 0 aliphatic carbocycles. The van der Waals surface area contributed by atoms with Gasteiger partial charge in [0.05, 0.1) is 0 Å². The van der Waals surface area contributed by atoms with Crippen molar-refractivity contribution < 1.29 is 0 Å². The Balaban J connectivity index is 1.93. The summed E-state index contributed by atoms with van der Waals surface area (Å²) >= 11 is 3.54. The number of rotatable bonds is 4. The van der Waals surface area contributed by atoms with Gasteiger partial charge in [-0.2, -0.15) is 0 Å². The molecule has 0 radical (unpaired) electrons. The first-order valence-electron chi connectivity index (χ1n) is 5.35. The van der Waals surface area contributed by atoms with Gasteiger partial charge < -0.3 is 5.32 Å². The SMILES string of the molecule is Cc1csc(CNC(C)c2sccc2C)n1. The summed E-state index contributed by atoms with van der Waals surface area (Å²) in [5.74, 6) is 0. The molecule has 2 nitrogen and oxygen atoms in total. The smallest absolute Gasteiger partial charge is 0.107 e. The second-order valence-corrected chi connectivity index (χ2v) is 5.84. The summed E-state index contributed by atoms with van der Waals surface area (Å²) in [4.78, 5) is 5.87. The Bertz CT molecular complexity index is 459. The molecule has 2 rings (SSSR count). The van der Waals surface area contributed by atoms with Gasteiger partial charge in [0.25, 0.3) is 0 Å². The summed E-state index contributed by atoms with van der Waals surface area (Å²) in [7, 11) is 0. The van der Waals surface area contributed by atoms with Crippen molar-refractivity contribution in [2.45, 2.75) is 33.4 Å². The van der Waals surface area contributed by atoms with Crippen molar-refractivity contribution in [1.29, 1.82) is 0 Å². The second kappa shape index (κ2) is 5.08. The van der Waals surface area contributed by atoms with Crippen LogP contribution in [-0.2, 0) is 6.54 Å². The first-order chi connectivity index (χ1) is 7.66. The van der Waals surface area contributed by atoms with E-state index in [1.807, 2.05) is 18.3 Å². The molecule has 1 N–H and O–H groups in total. The Morgan fingerprint density at radius 2 is 2.19 bits per heavy atom. The van der Waals surface area contributed by atoms with E-state index in [2.05, 4.69) is 41.0 Å². The molecule has 1 unspecified atom stereocenters. The van der Waals surface area contributed by atoms with E-state index in [0.717, 1.165) is 12.2 Å². The van der Waals surface area contributed by atoms with Gasteiger partial charge in [0.2, 0.25) is 0 Å². The summed E-state index contributed by atoms with van der Waals surface area (Å²) in [5.41, 5.74) is 2.49. The molecule has 0 bridgehead atoms. The van der Waals surface area contributed by atoms with Crippen LogP contribution in [0.5, 0.6) is 0 Å². The lowest BCUT2D eigenvalue weighted by molar-refractivity contribution is 0.579. The quantitative estimate of drug-likeness (QED) is 0.898. The van der Waals surface area contributed by atoms with E-state index in [9.17, 15) is 0 Å². The lowest BCUT2D eigenvalue weighted by atomic mass is 10.2. The molecule has 86 valence electrons. The van der Waals surface area contributed by atoms with E-state index in [1.165, 1.54) is 15.4 Å². The summed E-state index contributed by atoms with van der Waals surface area (Å²) in [6.07, 6.45) is 0. The van der Waals surface area contributed by atoms with Crippen LogP contribution in [0.25, 0.3) is 0 Å². The van der Waals surface area contributed by atoms with E-state index >= 15 is 0 Å². The number of thiazole rings is 1. The van der Waals surface area contributed by atoms with Gasteiger partial charge >= 0.3 is 0 Å². The van der Waals surface area contributed by atoms with Crippen molar-refractivity contribution >= 4 is 22.7 Å². The molecule has 2 aromatic heterocycles. The van der Waals surface area contributed by atoms with Crippen LogP contribution in [0.1, 0.15) is 34.1 Å². The predicted octanol–water partition coefficient (Wildman–Crippen LogP) is 3.67. The van der Waals surface area contributed by atoms with Gasteiger partial charge in [0, 0.05) is 28.5 Å². The van der Waals surface area contributed by atoms with E-state index in [1.54, 1.807) is 11.3 Å². The Hall–Kier alpha value is -0.710. The molecule has 16 heavy (non-hydrogen) atoms. The van der Waals surface area contributed by atoms with E-state index in [0.29, 0.717) is 6.04 Å². The van der Waals surface area contributed by atoms with Crippen LogP contribution < -0.4 is 5.32 Å². The molecule has 0 saturated carbocycles. The van der Waals surface area contributed by atoms with E-state index < -0.39 is 0 Å². The molecule has 0 saturated heterocycles. The molecule has 0 spiro atoms. The maximum absolute atomic E-state index is 4.45. The molecule has 2 heterocycles. The highest BCUT2D eigenvalue weighted by Gasteiger charge is 2.09. The fourth-order valence-corrected chi connectivity index (χ4v) is 3.33. The number of hydrogen-bond donors (Lipinski definition) is 1. The third-order valence-electron chi connectivity index (χ3n) is 2.52. The van der Waals surface area contributed by atoms with Crippen LogP contribution in [0, 0.1) is 13.8 Å². The highest BCUT2D eigenvalue weighted by molar-refractivity contribution is 7.10. The van der Waals surface area contributed by atoms with Gasteiger partial charge in [0.15, 0.2) is 0 Å². The van der Waals surface area contributed by atoms with Gasteiger partial charge in [0.1, 0.15) is 5.01 Å². The van der Waals surface area contributed by atoms with Crippen LogP contribution in [0.4, 0.5) is 0 Å². The van der Waals surface area contributed by atoms with Crippen LogP contribution >= 0.6 is 22.7 Å². The Morgan fingerprint density at radius 1 is 1.38 bits per heavy atom. The monoisotopic (exact) mass is 252 g/mol. The fraction of sp³-hybridized carbons (Fsp3) is 0.417. The first kappa shape index (κ1) is 11.8. The molecule has 0 aliphatic rings. The molecule has 0 aliphatic heterocycles. The molecule has 4 heteroatoms. The highest BCUT2D eigenvalue weighted by atomic mass is 32.1. The zero-order valence-corrected chi connectivity index (χ0v) is 11.4. The average molecular weight is 252 g/mol. The number of aromatic nitrogens is 1. The average Bonchev–Trinajstić information content (AvgIpc) is 2.84. The van der Waals surface area contributed by atoms with Gasteiger partial charge in [-0.25, -0.2) is 4.98 Å². The zero-order chi connectivity index (χ0) is 11.5. The summed E-state index contributed by atoms with van der Waals surface area (Å²) in [6.45, 7) is 7.26.